The van der Waals surface area contributed by atoms with E-state index >= 15 is 0 Å². The van der Waals surface area contributed by atoms with Crippen molar-refractivity contribution in [2.24, 2.45) is 22.6 Å². The number of rotatable bonds is 19. The van der Waals surface area contributed by atoms with Crippen molar-refractivity contribution >= 4 is 52.0 Å². The summed E-state index contributed by atoms with van der Waals surface area (Å²) in [6.45, 7) is 3.77. The van der Waals surface area contributed by atoms with Crippen LogP contribution in [0.4, 0.5) is 4.79 Å². The maximum Gasteiger partial charge on any atom is 0.315 e. The number of carbonyl (C=O) groups excluding carboxylic acids is 3. The van der Waals surface area contributed by atoms with E-state index in [4.69, 9.17) is 31.4 Å². The Morgan fingerprint density at radius 1 is 1.03 bits per heavy atom. The fraction of sp³-hybridized carbons (Fsp3) is 0.864. The zero-order chi connectivity index (χ0) is 25.9. The van der Waals surface area contributed by atoms with Crippen LogP contribution in [0.15, 0.2) is 0 Å². The molecule has 8 N–H and O–H groups in total. The topological polar surface area (TPSA) is 181 Å². The molecule has 0 aromatic rings. The second-order valence-electron chi connectivity index (χ2n) is 8.96. The summed E-state index contributed by atoms with van der Waals surface area (Å²) in [6.07, 6.45) is 3.23. The molecule has 0 aromatic heterocycles. The molecule has 202 valence electrons. The Bertz CT molecular complexity index is 712. The number of amides is 2. The second kappa shape index (κ2) is 15.0. The highest BCUT2D eigenvalue weighted by atomic mass is 127. The molecule has 1 unspecified atom stereocenters. The van der Waals surface area contributed by atoms with Crippen LogP contribution in [0.25, 0.3) is 0 Å². The van der Waals surface area contributed by atoms with E-state index in [1.807, 2.05) is 41.3 Å². The number of hydrogen-bond acceptors (Lipinski definition) is 10. The van der Waals surface area contributed by atoms with Crippen LogP contribution in [0.1, 0.15) is 39.0 Å². The summed E-state index contributed by atoms with van der Waals surface area (Å²) in [7, 11) is 0. The minimum absolute atomic E-state index is 0.0277. The molecule has 2 saturated heterocycles. The minimum Gasteiger partial charge on any atom is -0.379 e. The molecule has 0 aromatic carbocycles. The number of ketones is 2. The van der Waals surface area contributed by atoms with E-state index in [1.54, 1.807) is 0 Å². The molecule has 0 radical (unpaired) electrons. The number of ether oxygens (including phenoxy) is 3. The number of urea groups is 1. The van der Waals surface area contributed by atoms with Crippen molar-refractivity contribution in [1.82, 2.24) is 10.6 Å². The first-order valence-corrected chi connectivity index (χ1v) is 14.7. The molecule has 0 spiro atoms. The third-order valence-electron chi connectivity index (χ3n) is 6.30. The Labute approximate surface area is 225 Å². The van der Waals surface area contributed by atoms with Crippen LogP contribution < -0.4 is 27.8 Å². The third-order valence-corrected chi connectivity index (χ3v) is 8.51. The lowest BCUT2D eigenvalue weighted by atomic mass is 9.73. The number of nitrogens with two attached hydrogens (primary N) is 3. The quantitative estimate of drug-likeness (QED) is 0.0332. The number of carbonyl (C=O) groups is 3. The summed E-state index contributed by atoms with van der Waals surface area (Å²) in [6, 6.07) is 0.148. The normalized spacial score (nSPS) is 23.5. The maximum absolute atomic E-state index is 13.3. The van der Waals surface area contributed by atoms with Gasteiger partial charge in [0, 0.05) is 24.0 Å². The number of halogens is 1. The molecule has 0 saturated carbocycles. The van der Waals surface area contributed by atoms with Crippen LogP contribution in [0.3, 0.4) is 0 Å². The summed E-state index contributed by atoms with van der Waals surface area (Å²) in [5.74, 6) is -2.04. The SMILES string of the molecule is CCCOCCOCCOCC(C(=O)CI)(C(=O)CCCC[C@@H]1SC[C@@H]2NC(=O)N[C@@H]21)C(N)(N)N. The van der Waals surface area contributed by atoms with Gasteiger partial charge in [0.15, 0.2) is 17.0 Å². The zero-order valence-electron chi connectivity index (χ0n) is 20.4. The van der Waals surface area contributed by atoms with E-state index in [0.29, 0.717) is 31.5 Å². The molecule has 0 aliphatic carbocycles. The highest BCUT2D eigenvalue weighted by Crippen LogP contribution is 2.34. The number of fused-ring (bicyclic) bond motifs is 1. The predicted octanol–water partition coefficient (Wildman–Crippen LogP) is 0.262. The molecule has 2 rings (SSSR count). The molecule has 2 amide bonds. The van der Waals surface area contributed by atoms with E-state index in [2.05, 4.69) is 10.6 Å². The largest absolute Gasteiger partial charge is 0.379 e. The van der Waals surface area contributed by atoms with Crippen molar-refractivity contribution in [3.63, 3.8) is 0 Å². The van der Waals surface area contributed by atoms with Crippen LogP contribution >= 0.6 is 34.4 Å². The monoisotopic (exact) mass is 629 g/mol. The van der Waals surface area contributed by atoms with Gasteiger partial charge in [-0.15, -0.1) is 0 Å². The van der Waals surface area contributed by atoms with Crippen molar-refractivity contribution in [2.45, 2.75) is 62.1 Å². The maximum atomic E-state index is 13.3. The van der Waals surface area contributed by atoms with E-state index in [1.165, 1.54) is 0 Å². The van der Waals surface area contributed by atoms with Gasteiger partial charge in [-0.3, -0.25) is 26.8 Å². The van der Waals surface area contributed by atoms with Gasteiger partial charge in [0.05, 0.1) is 49.5 Å². The number of unbranched alkanes of at least 4 members (excludes halogenated alkanes) is 1. The molecule has 2 aliphatic rings. The molecule has 13 heteroatoms. The van der Waals surface area contributed by atoms with Gasteiger partial charge in [0.25, 0.3) is 0 Å². The van der Waals surface area contributed by atoms with E-state index in [0.717, 1.165) is 25.0 Å². The Kier molecular flexibility index (Phi) is 13.1. The molecule has 2 aliphatic heterocycles. The lowest BCUT2D eigenvalue weighted by molar-refractivity contribution is -0.150. The summed E-state index contributed by atoms with van der Waals surface area (Å²) >= 11 is 3.70. The van der Waals surface area contributed by atoms with Crippen LogP contribution in [-0.2, 0) is 23.8 Å². The summed E-state index contributed by atoms with van der Waals surface area (Å²) in [4.78, 5) is 37.8. The molecule has 2 fully saturated rings. The minimum atomic E-state index is -2.06. The van der Waals surface area contributed by atoms with E-state index in [-0.39, 0.29) is 48.8 Å². The number of thioether (sulfide) groups is 1. The third kappa shape index (κ3) is 8.48. The van der Waals surface area contributed by atoms with Crippen LogP contribution in [-0.4, -0.2) is 90.5 Å². The zero-order valence-corrected chi connectivity index (χ0v) is 23.4. The molecule has 11 nitrogen and oxygen atoms in total. The first-order chi connectivity index (χ1) is 16.7. The molecule has 4 atom stereocenters. The van der Waals surface area contributed by atoms with Gasteiger partial charge in [-0.2, -0.15) is 11.8 Å². The summed E-state index contributed by atoms with van der Waals surface area (Å²) in [5, 5.41) is 6.18. The van der Waals surface area contributed by atoms with E-state index in [9.17, 15) is 14.4 Å². The van der Waals surface area contributed by atoms with Gasteiger partial charge in [-0.1, -0.05) is 35.9 Å². The van der Waals surface area contributed by atoms with Crippen LogP contribution in [0.5, 0.6) is 0 Å². The first kappa shape index (κ1) is 30.7. The van der Waals surface area contributed by atoms with Crippen molar-refractivity contribution < 1.29 is 28.6 Å². The smallest absolute Gasteiger partial charge is 0.315 e. The molecule has 35 heavy (non-hydrogen) atoms. The van der Waals surface area contributed by atoms with Gasteiger partial charge in [-0.05, 0) is 19.3 Å². The lowest BCUT2D eigenvalue weighted by Crippen LogP contribution is -2.76. The average Bonchev–Trinajstić information content (AvgIpc) is 3.35. The summed E-state index contributed by atoms with van der Waals surface area (Å²) < 4.78 is 16.5. The van der Waals surface area contributed by atoms with Gasteiger partial charge in [0.1, 0.15) is 5.79 Å². The van der Waals surface area contributed by atoms with Gasteiger partial charge < -0.3 is 24.8 Å². The lowest BCUT2D eigenvalue weighted by Gasteiger charge is -2.40. The Morgan fingerprint density at radius 2 is 1.69 bits per heavy atom. The van der Waals surface area contributed by atoms with E-state index < -0.39 is 22.8 Å². The molecular formula is C22H40IN5O6S. The number of Topliss-reactive ketones (excluding diaryl/α,β-unsaturated/α-hetero) is 2. The Balaban J connectivity index is 1.84. The highest BCUT2D eigenvalue weighted by molar-refractivity contribution is 14.1. The average molecular weight is 630 g/mol. The number of hydrogen-bond donors (Lipinski definition) is 5. The molecule has 0 bridgehead atoms. The van der Waals surface area contributed by atoms with Crippen molar-refractivity contribution in [2.75, 3.05) is 49.8 Å². The van der Waals surface area contributed by atoms with Gasteiger partial charge in [-0.25, -0.2) is 4.79 Å². The van der Waals surface area contributed by atoms with Crippen LogP contribution in [0.2, 0.25) is 0 Å². The second-order valence-corrected chi connectivity index (χ2v) is 11.0. The van der Waals surface area contributed by atoms with Gasteiger partial charge in [0.2, 0.25) is 0 Å². The fourth-order valence-corrected chi connectivity index (χ4v) is 6.53. The predicted molar refractivity (Wildman–Crippen MR) is 143 cm³/mol. The van der Waals surface area contributed by atoms with Crippen LogP contribution in [0, 0.1) is 5.41 Å². The number of nitrogens with one attached hydrogen (secondary N) is 2. The fourth-order valence-electron chi connectivity index (χ4n) is 4.34. The molecular weight excluding hydrogens is 589 g/mol. The Hall–Kier alpha value is -0.550. The first-order valence-electron chi connectivity index (χ1n) is 12.1. The summed E-state index contributed by atoms with van der Waals surface area (Å²) in [5.41, 5.74) is 16.2. The van der Waals surface area contributed by atoms with Gasteiger partial charge >= 0.3 is 6.03 Å². The van der Waals surface area contributed by atoms with Crippen molar-refractivity contribution in [1.29, 1.82) is 0 Å². The number of alkyl halides is 1. The Morgan fingerprint density at radius 3 is 2.31 bits per heavy atom. The standard InChI is InChI=1S/C22H40IN5O6S/c1-2-7-32-8-9-33-10-11-34-14-21(18(30)12-23,22(24,25)26)17(29)6-4-3-5-16-19-15(13-35-16)27-20(31)28-19/h15-16,19H,2-14,24-26H2,1H3,(H2,27,28,31)/t15-,16-,19-,21?/m0/s1. The van der Waals surface area contributed by atoms with Crippen molar-refractivity contribution in [3.05, 3.63) is 0 Å². The highest BCUT2D eigenvalue weighted by Gasteiger charge is 2.55. The van der Waals surface area contributed by atoms with Crippen molar-refractivity contribution in [3.8, 4) is 0 Å². The molecule has 2 heterocycles.